The summed E-state index contributed by atoms with van der Waals surface area (Å²) in [6, 6.07) is -0.130. The molecule has 244 valence electrons. The van der Waals surface area contributed by atoms with Crippen molar-refractivity contribution in [2.45, 2.75) is 106 Å². The number of amides is 4. The summed E-state index contributed by atoms with van der Waals surface area (Å²) < 4.78 is 0. The number of likely N-dealkylation sites (tertiary alicyclic amines) is 2. The third kappa shape index (κ3) is 14.0. The van der Waals surface area contributed by atoms with Gasteiger partial charge in [0.25, 0.3) is 0 Å². The molecule has 0 spiro atoms. The van der Waals surface area contributed by atoms with Crippen molar-refractivity contribution in [1.29, 1.82) is 0 Å². The Balaban J connectivity index is 0.000000586. The summed E-state index contributed by atoms with van der Waals surface area (Å²) in [6.45, 7) is 19.7. The molecule has 2 aliphatic heterocycles. The Kier molecular flexibility index (Phi) is 17.9. The monoisotopic (exact) mass is 621 g/mol. The molecule has 2 saturated heterocycles. The van der Waals surface area contributed by atoms with Crippen LogP contribution in [0.4, 0.5) is 5.13 Å². The van der Waals surface area contributed by atoms with Gasteiger partial charge in [0.05, 0.1) is 12.6 Å². The average molecular weight is 622 g/mol. The van der Waals surface area contributed by atoms with Crippen LogP contribution in [0.3, 0.4) is 0 Å². The summed E-state index contributed by atoms with van der Waals surface area (Å²) in [4.78, 5) is 54.0. The SMILES string of the molecule is C/C(=C\[C@H](C(C)C)N(C)C(=O)CNC=O)C(=O)N1CCC[C@H]1C(=O)Nc1nncs1.CC(C)C.CC(C)N1CCCCC1. The molecule has 0 unspecified atom stereocenters. The number of aromatic nitrogens is 2. The van der Waals surface area contributed by atoms with Gasteiger partial charge in [-0.05, 0) is 71.4 Å². The predicted molar refractivity (Wildman–Crippen MR) is 174 cm³/mol. The number of hydrogen-bond donors (Lipinski definition) is 2. The molecule has 12 heteroatoms. The zero-order valence-electron chi connectivity index (χ0n) is 27.8. The van der Waals surface area contributed by atoms with Crippen molar-refractivity contribution in [3.63, 3.8) is 0 Å². The molecule has 0 aromatic carbocycles. The first kappa shape index (κ1) is 38.2. The Hall–Kier alpha value is -2.86. The molecule has 3 rings (SSSR count). The summed E-state index contributed by atoms with van der Waals surface area (Å²) in [5.41, 5.74) is 1.99. The van der Waals surface area contributed by atoms with E-state index in [4.69, 9.17) is 0 Å². The molecule has 0 aliphatic carbocycles. The van der Waals surface area contributed by atoms with Gasteiger partial charge in [-0.25, -0.2) is 0 Å². The first-order chi connectivity index (χ1) is 20.3. The van der Waals surface area contributed by atoms with Crippen LogP contribution in [0.25, 0.3) is 0 Å². The quantitative estimate of drug-likeness (QED) is 0.296. The molecule has 1 aromatic rings. The van der Waals surface area contributed by atoms with Crippen LogP contribution in [-0.4, -0.2) is 100 Å². The number of rotatable bonds is 10. The molecular weight excluding hydrogens is 566 g/mol. The van der Waals surface area contributed by atoms with Gasteiger partial charge in [0.15, 0.2) is 0 Å². The van der Waals surface area contributed by atoms with Gasteiger partial charge in [-0.1, -0.05) is 58.5 Å². The molecule has 0 radical (unpaired) electrons. The molecule has 2 aliphatic rings. The van der Waals surface area contributed by atoms with Gasteiger partial charge in [-0.3, -0.25) is 24.5 Å². The van der Waals surface area contributed by atoms with Crippen LogP contribution in [-0.2, 0) is 19.2 Å². The lowest BCUT2D eigenvalue weighted by atomic mass is 9.99. The Morgan fingerprint density at radius 1 is 1.05 bits per heavy atom. The van der Waals surface area contributed by atoms with Crippen LogP contribution < -0.4 is 10.6 Å². The highest BCUT2D eigenvalue weighted by molar-refractivity contribution is 7.13. The van der Waals surface area contributed by atoms with E-state index in [1.165, 1.54) is 54.1 Å². The molecule has 2 N–H and O–H groups in total. The Bertz CT molecular complexity index is 1010. The second-order valence-electron chi connectivity index (χ2n) is 12.4. The largest absolute Gasteiger partial charge is 0.350 e. The highest BCUT2D eigenvalue weighted by Gasteiger charge is 2.35. The van der Waals surface area contributed by atoms with E-state index in [1.807, 2.05) is 13.8 Å². The second-order valence-corrected chi connectivity index (χ2v) is 13.2. The van der Waals surface area contributed by atoms with Crippen LogP contribution in [0.15, 0.2) is 17.2 Å². The lowest BCUT2D eigenvalue weighted by Crippen LogP contribution is -2.45. The van der Waals surface area contributed by atoms with Gasteiger partial charge in [-0.2, -0.15) is 0 Å². The van der Waals surface area contributed by atoms with Crippen molar-refractivity contribution in [2.24, 2.45) is 11.8 Å². The maximum Gasteiger partial charge on any atom is 0.249 e. The van der Waals surface area contributed by atoms with Crippen LogP contribution in [0.5, 0.6) is 0 Å². The zero-order valence-corrected chi connectivity index (χ0v) is 28.6. The van der Waals surface area contributed by atoms with E-state index in [-0.39, 0.29) is 36.2 Å². The van der Waals surface area contributed by atoms with Crippen LogP contribution in [0, 0.1) is 11.8 Å². The van der Waals surface area contributed by atoms with E-state index in [0.717, 1.165) is 18.4 Å². The first-order valence-corrected chi connectivity index (χ1v) is 16.4. The number of carbonyl (C=O) groups excluding carboxylic acids is 4. The fraction of sp³-hybridized carbons (Fsp3) is 0.742. The minimum Gasteiger partial charge on any atom is -0.350 e. The molecule has 0 saturated carbocycles. The molecule has 11 nitrogen and oxygen atoms in total. The Labute approximate surface area is 262 Å². The van der Waals surface area contributed by atoms with Gasteiger partial charge >= 0.3 is 0 Å². The average Bonchev–Trinajstić information content (AvgIpc) is 3.66. The molecule has 3 heterocycles. The van der Waals surface area contributed by atoms with Crippen molar-refractivity contribution in [2.75, 3.05) is 38.5 Å². The zero-order chi connectivity index (χ0) is 32.5. The fourth-order valence-corrected chi connectivity index (χ4v) is 5.31. The van der Waals surface area contributed by atoms with E-state index < -0.39 is 6.04 Å². The van der Waals surface area contributed by atoms with Crippen LogP contribution in [0.2, 0.25) is 0 Å². The summed E-state index contributed by atoms with van der Waals surface area (Å²) in [5.74, 6) is 0.112. The van der Waals surface area contributed by atoms with Crippen molar-refractivity contribution in [3.8, 4) is 0 Å². The Morgan fingerprint density at radius 3 is 2.16 bits per heavy atom. The maximum absolute atomic E-state index is 13.1. The predicted octanol–water partition coefficient (Wildman–Crippen LogP) is 4.19. The van der Waals surface area contributed by atoms with E-state index in [1.54, 1.807) is 24.9 Å². The third-order valence-corrected chi connectivity index (χ3v) is 7.75. The standard InChI is InChI=1S/C19H28N6O4S.C8H17N.C4H10/c1-12(2)15(24(4)16(27)9-20-10-26)8-13(3)18(29)25-7-5-6-14(25)17(28)22-19-23-21-11-30-19;1-8(2)9-6-4-3-5-7-9;1-4(2)3/h8,10-12,14-15H,5-7,9H2,1-4H3,(H,20,26)(H,22,23,28);8H,3-7H2,1-2H3;4H,1-3H3/b13-8+;;/t14-,15+;;/m0../s1. The van der Waals surface area contributed by atoms with Crippen LogP contribution >= 0.6 is 11.3 Å². The number of likely N-dealkylation sites (N-methyl/N-ethyl adjacent to an activating group) is 1. The van der Waals surface area contributed by atoms with Gasteiger partial charge in [0.1, 0.15) is 11.6 Å². The van der Waals surface area contributed by atoms with Gasteiger partial charge in [0.2, 0.25) is 29.3 Å². The van der Waals surface area contributed by atoms with E-state index in [9.17, 15) is 19.2 Å². The van der Waals surface area contributed by atoms with Crippen molar-refractivity contribution >= 4 is 40.6 Å². The number of nitrogens with zero attached hydrogens (tertiary/aromatic N) is 5. The topological polar surface area (TPSA) is 128 Å². The molecule has 43 heavy (non-hydrogen) atoms. The number of carbonyl (C=O) groups is 4. The highest BCUT2D eigenvalue weighted by atomic mass is 32.1. The number of nitrogens with one attached hydrogen (secondary N) is 2. The highest BCUT2D eigenvalue weighted by Crippen LogP contribution is 2.23. The third-order valence-electron chi connectivity index (χ3n) is 7.15. The van der Waals surface area contributed by atoms with Gasteiger partial charge in [-0.15, -0.1) is 10.2 Å². The molecule has 4 amide bonds. The summed E-state index contributed by atoms with van der Waals surface area (Å²) in [5, 5.41) is 13.0. The molecule has 1 aromatic heterocycles. The van der Waals surface area contributed by atoms with E-state index >= 15 is 0 Å². The van der Waals surface area contributed by atoms with Crippen molar-refractivity contribution < 1.29 is 19.2 Å². The normalized spacial score (nSPS) is 17.9. The van der Waals surface area contributed by atoms with Crippen molar-refractivity contribution in [3.05, 3.63) is 17.2 Å². The van der Waals surface area contributed by atoms with Gasteiger partial charge < -0.3 is 20.0 Å². The van der Waals surface area contributed by atoms with Crippen LogP contribution in [0.1, 0.15) is 87.5 Å². The van der Waals surface area contributed by atoms with E-state index in [2.05, 4.69) is 60.3 Å². The molecule has 2 atom stereocenters. The smallest absolute Gasteiger partial charge is 0.249 e. The first-order valence-electron chi connectivity index (χ1n) is 15.5. The minimum absolute atomic E-state index is 0.0491. The second kappa shape index (κ2) is 20.2. The summed E-state index contributed by atoms with van der Waals surface area (Å²) in [6.07, 6.45) is 7.81. The number of anilines is 1. The minimum atomic E-state index is -0.571. The van der Waals surface area contributed by atoms with E-state index in [0.29, 0.717) is 30.1 Å². The number of piperidine rings is 1. The number of hydrogen-bond acceptors (Lipinski definition) is 8. The summed E-state index contributed by atoms with van der Waals surface area (Å²) in [7, 11) is 1.64. The molecule has 2 fully saturated rings. The fourth-order valence-electron chi connectivity index (χ4n) is 4.86. The Morgan fingerprint density at radius 2 is 1.67 bits per heavy atom. The van der Waals surface area contributed by atoms with Gasteiger partial charge in [0, 0.05) is 25.2 Å². The lowest BCUT2D eigenvalue weighted by Gasteiger charge is -2.30. The maximum atomic E-state index is 13.1. The van der Waals surface area contributed by atoms with Crippen molar-refractivity contribution in [1.82, 2.24) is 30.2 Å². The molecular formula is C31H55N7O4S. The lowest BCUT2D eigenvalue weighted by molar-refractivity contribution is -0.133. The summed E-state index contributed by atoms with van der Waals surface area (Å²) >= 11 is 1.22. The molecule has 0 bridgehead atoms.